The first kappa shape index (κ1) is 29.7. The summed E-state index contributed by atoms with van der Waals surface area (Å²) in [6, 6.07) is 12.3. The van der Waals surface area contributed by atoms with Crippen LogP contribution in [0.2, 0.25) is 0 Å². The molecule has 0 spiro atoms. The number of alkyl halides is 1. The number of halogens is 2. The van der Waals surface area contributed by atoms with E-state index in [4.69, 9.17) is 19.4 Å². The van der Waals surface area contributed by atoms with Crippen molar-refractivity contribution >= 4 is 39.6 Å². The van der Waals surface area contributed by atoms with Crippen molar-refractivity contribution in [3.8, 4) is 28.3 Å². The molecule has 4 aromatic rings. The van der Waals surface area contributed by atoms with Crippen molar-refractivity contribution in [3.63, 3.8) is 0 Å². The SMILES string of the molecule is CCCNc1ccc(-c2nc(N3CCOCC3)c3cc(-c4cccc(N[S+]([O-])CCCF)c4F)cc(OC)c3n2)cn1. The minimum Gasteiger partial charge on any atom is -0.593 e. The van der Waals surface area contributed by atoms with Crippen LogP contribution in [0.5, 0.6) is 5.75 Å². The van der Waals surface area contributed by atoms with Crippen LogP contribution in [0.1, 0.15) is 19.8 Å². The maximum atomic E-state index is 15.7. The number of aromatic nitrogens is 3. The largest absolute Gasteiger partial charge is 0.593 e. The molecule has 1 unspecified atom stereocenters. The molecule has 42 heavy (non-hydrogen) atoms. The van der Waals surface area contributed by atoms with Crippen molar-refractivity contribution in [2.24, 2.45) is 0 Å². The first-order valence-corrected chi connectivity index (χ1v) is 15.3. The van der Waals surface area contributed by atoms with Gasteiger partial charge in [0, 0.05) is 48.8 Å². The first-order valence-electron chi connectivity index (χ1n) is 13.9. The third-order valence-corrected chi connectivity index (χ3v) is 7.96. The minimum absolute atomic E-state index is 0.0770. The number of nitrogens with one attached hydrogen (secondary N) is 2. The number of nitrogens with zero attached hydrogens (tertiary/aromatic N) is 4. The van der Waals surface area contributed by atoms with Gasteiger partial charge in [-0.1, -0.05) is 19.1 Å². The summed E-state index contributed by atoms with van der Waals surface area (Å²) in [5, 5.41) is 3.97. The fourth-order valence-corrected chi connectivity index (χ4v) is 5.59. The standard InChI is InChI=1S/C30H34F2N6O3S/c1-3-11-33-26-9-8-20(19-34-26)29-35-28-23(30(36-29)38-12-14-41-15-13-38)17-21(18-25(28)40-2)22-6-4-7-24(27(22)32)37-42(39)16-5-10-31/h4,6-9,17-19,37H,3,5,10-16H2,1-2H3,(H,33,34). The fourth-order valence-electron chi connectivity index (χ4n) is 4.72. The highest BCUT2D eigenvalue weighted by molar-refractivity contribution is 7.92. The van der Waals surface area contributed by atoms with Crippen molar-refractivity contribution in [3.05, 3.63) is 54.5 Å². The van der Waals surface area contributed by atoms with Crippen molar-refractivity contribution in [2.45, 2.75) is 19.8 Å². The monoisotopic (exact) mass is 596 g/mol. The molecule has 12 heteroatoms. The van der Waals surface area contributed by atoms with E-state index in [2.05, 4.69) is 26.8 Å². The molecule has 2 aromatic carbocycles. The second-order valence-electron chi connectivity index (χ2n) is 9.77. The van der Waals surface area contributed by atoms with Crippen LogP contribution >= 0.6 is 0 Å². The van der Waals surface area contributed by atoms with Gasteiger partial charge in [0.2, 0.25) is 0 Å². The van der Waals surface area contributed by atoms with Gasteiger partial charge in [0.1, 0.15) is 34.3 Å². The van der Waals surface area contributed by atoms with Crippen LogP contribution < -0.4 is 19.7 Å². The molecule has 9 nitrogen and oxygen atoms in total. The van der Waals surface area contributed by atoms with Gasteiger partial charge in [0.15, 0.2) is 11.6 Å². The Hall–Kier alpha value is -3.74. The highest BCUT2D eigenvalue weighted by Gasteiger charge is 2.23. The van der Waals surface area contributed by atoms with Gasteiger partial charge in [-0.2, -0.15) is 0 Å². The number of pyridine rings is 1. The van der Waals surface area contributed by atoms with Crippen molar-refractivity contribution in [1.29, 1.82) is 0 Å². The number of hydrogen-bond donors (Lipinski definition) is 2. The zero-order valence-electron chi connectivity index (χ0n) is 23.7. The summed E-state index contributed by atoms with van der Waals surface area (Å²) in [6.45, 7) is 4.72. The molecule has 2 N–H and O–H groups in total. The third-order valence-electron chi connectivity index (χ3n) is 6.85. The van der Waals surface area contributed by atoms with Gasteiger partial charge in [-0.3, -0.25) is 4.39 Å². The number of methoxy groups -OCH3 is 1. The normalized spacial score (nSPS) is 14.2. The molecule has 0 aliphatic carbocycles. The maximum Gasteiger partial charge on any atom is 0.163 e. The predicted molar refractivity (Wildman–Crippen MR) is 164 cm³/mol. The van der Waals surface area contributed by atoms with Crippen molar-refractivity contribution in [1.82, 2.24) is 15.0 Å². The summed E-state index contributed by atoms with van der Waals surface area (Å²) >= 11 is -1.61. The minimum atomic E-state index is -1.61. The molecule has 1 aliphatic rings. The number of hydrogen-bond acceptors (Lipinski definition) is 9. The molecule has 1 aliphatic heterocycles. The van der Waals surface area contributed by atoms with E-state index in [1.807, 2.05) is 18.2 Å². The summed E-state index contributed by atoms with van der Waals surface area (Å²) in [5.41, 5.74) is 2.26. The Labute approximate surface area is 247 Å². The fraction of sp³-hybridized carbons (Fsp3) is 0.367. The zero-order valence-corrected chi connectivity index (χ0v) is 24.5. The molecule has 0 bridgehead atoms. The molecule has 3 heterocycles. The topological polar surface area (TPSA) is 107 Å². The molecule has 1 saturated heterocycles. The van der Waals surface area contributed by atoms with Gasteiger partial charge < -0.3 is 24.2 Å². The van der Waals surface area contributed by atoms with Crippen LogP contribution in [0.3, 0.4) is 0 Å². The van der Waals surface area contributed by atoms with E-state index in [1.54, 1.807) is 31.5 Å². The van der Waals surface area contributed by atoms with Gasteiger partial charge in [-0.25, -0.2) is 24.1 Å². The highest BCUT2D eigenvalue weighted by atomic mass is 32.2. The lowest BCUT2D eigenvalue weighted by Gasteiger charge is -2.29. The van der Waals surface area contributed by atoms with Gasteiger partial charge in [-0.05, 0) is 42.3 Å². The average Bonchev–Trinajstić information content (AvgIpc) is 3.03. The first-order chi connectivity index (χ1) is 20.5. The summed E-state index contributed by atoms with van der Waals surface area (Å²) in [4.78, 5) is 16.5. The van der Waals surface area contributed by atoms with E-state index in [0.717, 1.165) is 24.3 Å². The summed E-state index contributed by atoms with van der Waals surface area (Å²) in [7, 11) is 1.55. The molecule has 1 atom stereocenters. The number of morpholine rings is 1. The summed E-state index contributed by atoms with van der Waals surface area (Å²) < 4.78 is 54.6. The Kier molecular flexibility index (Phi) is 9.88. The van der Waals surface area contributed by atoms with Crippen LogP contribution in [0.15, 0.2) is 48.7 Å². The molecule has 222 valence electrons. The molecule has 2 aromatic heterocycles. The van der Waals surface area contributed by atoms with E-state index in [1.165, 1.54) is 6.07 Å². The van der Waals surface area contributed by atoms with Crippen LogP contribution in [-0.4, -0.2) is 71.9 Å². The Bertz CT molecular complexity index is 1510. The van der Waals surface area contributed by atoms with Crippen LogP contribution in [0, 0.1) is 5.82 Å². The predicted octanol–water partition coefficient (Wildman–Crippen LogP) is 5.60. The Morgan fingerprint density at radius 3 is 2.67 bits per heavy atom. The third kappa shape index (κ3) is 6.66. The number of fused-ring (bicyclic) bond motifs is 1. The molecular weight excluding hydrogens is 562 g/mol. The molecule has 5 rings (SSSR count). The number of ether oxygens (including phenoxy) is 2. The van der Waals surface area contributed by atoms with E-state index in [-0.39, 0.29) is 17.9 Å². The van der Waals surface area contributed by atoms with E-state index < -0.39 is 23.9 Å². The van der Waals surface area contributed by atoms with Crippen LogP contribution in [0.4, 0.5) is 26.1 Å². The van der Waals surface area contributed by atoms with Crippen LogP contribution in [-0.2, 0) is 16.1 Å². The average molecular weight is 597 g/mol. The Morgan fingerprint density at radius 2 is 1.95 bits per heavy atom. The van der Waals surface area contributed by atoms with Gasteiger partial charge in [0.05, 0.1) is 38.4 Å². The molecule has 0 amide bonds. The summed E-state index contributed by atoms with van der Waals surface area (Å²) in [6.07, 6.45) is 2.87. The Balaban J connectivity index is 1.60. The van der Waals surface area contributed by atoms with Crippen molar-refractivity contribution < 1.29 is 22.8 Å². The molecule has 1 fully saturated rings. The highest BCUT2D eigenvalue weighted by Crippen LogP contribution is 2.39. The molecule has 0 saturated carbocycles. The molecular formula is C30H34F2N6O3S. The van der Waals surface area contributed by atoms with E-state index in [0.29, 0.717) is 65.7 Å². The second kappa shape index (κ2) is 14.0. The lowest BCUT2D eigenvalue weighted by atomic mass is 10.0. The quantitative estimate of drug-likeness (QED) is 0.202. The van der Waals surface area contributed by atoms with Crippen molar-refractivity contribution in [2.75, 3.05) is 67.3 Å². The van der Waals surface area contributed by atoms with Gasteiger partial charge in [0.25, 0.3) is 0 Å². The van der Waals surface area contributed by atoms with Crippen LogP contribution in [0.25, 0.3) is 33.4 Å². The maximum absolute atomic E-state index is 15.7. The summed E-state index contributed by atoms with van der Waals surface area (Å²) in [5.74, 6) is 1.94. The smallest absolute Gasteiger partial charge is 0.163 e. The number of benzene rings is 2. The van der Waals surface area contributed by atoms with E-state index >= 15 is 4.39 Å². The zero-order chi connectivity index (χ0) is 29.5. The van der Waals surface area contributed by atoms with Gasteiger partial charge >= 0.3 is 0 Å². The number of rotatable bonds is 12. The number of anilines is 3. The second-order valence-corrected chi connectivity index (χ2v) is 11.1. The lowest BCUT2D eigenvalue weighted by molar-refractivity contribution is 0.122. The Morgan fingerprint density at radius 1 is 1.12 bits per heavy atom. The van der Waals surface area contributed by atoms with Gasteiger partial charge in [-0.15, -0.1) is 0 Å². The lowest BCUT2D eigenvalue weighted by Crippen LogP contribution is -2.37. The van der Waals surface area contributed by atoms with E-state index in [9.17, 15) is 8.94 Å². The molecule has 0 radical (unpaired) electrons.